The molecule has 0 fully saturated rings. The third-order valence-electron chi connectivity index (χ3n) is 2.61. The van der Waals surface area contributed by atoms with Crippen molar-refractivity contribution in [2.75, 3.05) is 12.4 Å². The highest BCUT2D eigenvalue weighted by atomic mass is 79.9. The van der Waals surface area contributed by atoms with Gasteiger partial charge in [-0.3, -0.25) is 9.59 Å². The summed E-state index contributed by atoms with van der Waals surface area (Å²) in [5.74, 6) is 0.376. The van der Waals surface area contributed by atoms with Gasteiger partial charge in [-0.25, -0.2) is 0 Å². The maximum absolute atomic E-state index is 11.9. The molecule has 0 saturated heterocycles. The summed E-state index contributed by atoms with van der Waals surface area (Å²) in [7, 11) is 1.56. The van der Waals surface area contributed by atoms with Crippen LogP contribution in [-0.4, -0.2) is 17.6 Å². The molecular weight excluding hydrogens is 324 g/mol. The summed E-state index contributed by atoms with van der Waals surface area (Å²) in [4.78, 5) is 23.5. The molecule has 1 amide bonds. The molecule has 0 spiro atoms. The normalized spacial score (nSPS) is 10.1. The molecule has 104 valence electrons. The first-order valence-electron chi connectivity index (χ1n) is 5.88. The Balaban J connectivity index is 2.09. The standard InChI is InChI=1S/C14H13BrN2O3/c1-20-12-4-2-3-11(7-12)16-13(18)9-17-8-10(15)5-6-14(17)19/h2-8H,9H2,1H3,(H,16,18). The molecular formula is C14H13BrN2O3. The molecule has 0 unspecified atom stereocenters. The van der Waals surface area contributed by atoms with E-state index < -0.39 is 0 Å². The lowest BCUT2D eigenvalue weighted by Crippen LogP contribution is -2.26. The molecule has 0 radical (unpaired) electrons. The zero-order chi connectivity index (χ0) is 14.5. The van der Waals surface area contributed by atoms with E-state index in [1.165, 1.54) is 10.6 Å². The van der Waals surface area contributed by atoms with E-state index in [1.54, 1.807) is 43.6 Å². The van der Waals surface area contributed by atoms with Crippen LogP contribution in [0, 0.1) is 0 Å². The lowest BCUT2D eigenvalue weighted by molar-refractivity contribution is -0.116. The van der Waals surface area contributed by atoms with E-state index in [0.29, 0.717) is 11.4 Å². The van der Waals surface area contributed by atoms with Gasteiger partial charge >= 0.3 is 0 Å². The highest BCUT2D eigenvalue weighted by Gasteiger charge is 2.06. The van der Waals surface area contributed by atoms with Crippen LogP contribution in [0.3, 0.4) is 0 Å². The quantitative estimate of drug-likeness (QED) is 0.931. The number of carbonyl (C=O) groups is 1. The van der Waals surface area contributed by atoms with Crippen LogP contribution >= 0.6 is 15.9 Å². The first kappa shape index (κ1) is 14.3. The molecule has 0 bridgehead atoms. The molecule has 2 aromatic rings. The highest BCUT2D eigenvalue weighted by Crippen LogP contribution is 2.16. The number of ether oxygens (including phenoxy) is 1. The Kier molecular flexibility index (Phi) is 4.57. The van der Waals surface area contributed by atoms with Gasteiger partial charge in [0, 0.05) is 28.5 Å². The second kappa shape index (κ2) is 6.38. The van der Waals surface area contributed by atoms with Crippen LogP contribution in [0.2, 0.25) is 0 Å². The fraction of sp³-hybridized carbons (Fsp3) is 0.143. The van der Waals surface area contributed by atoms with E-state index in [0.717, 1.165) is 4.47 Å². The van der Waals surface area contributed by atoms with Gasteiger partial charge in [-0.2, -0.15) is 0 Å². The van der Waals surface area contributed by atoms with Crippen molar-refractivity contribution in [1.82, 2.24) is 4.57 Å². The number of nitrogens with zero attached hydrogens (tertiary/aromatic N) is 1. The number of benzene rings is 1. The van der Waals surface area contributed by atoms with Crippen molar-refractivity contribution in [1.29, 1.82) is 0 Å². The van der Waals surface area contributed by atoms with Crippen LogP contribution in [-0.2, 0) is 11.3 Å². The van der Waals surface area contributed by atoms with Gasteiger partial charge in [0.05, 0.1) is 7.11 Å². The molecule has 0 atom stereocenters. The van der Waals surface area contributed by atoms with Gasteiger partial charge in [0.1, 0.15) is 12.3 Å². The minimum Gasteiger partial charge on any atom is -0.497 e. The summed E-state index contributed by atoms with van der Waals surface area (Å²) in [6.45, 7) is -0.0461. The molecule has 20 heavy (non-hydrogen) atoms. The van der Waals surface area contributed by atoms with E-state index in [1.807, 2.05) is 0 Å². The SMILES string of the molecule is COc1cccc(NC(=O)Cn2cc(Br)ccc2=O)c1. The van der Waals surface area contributed by atoms with Crippen LogP contribution in [0.1, 0.15) is 0 Å². The Bertz CT molecular complexity index is 682. The minimum atomic E-state index is -0.279. The van der Waals surface area contributed by atoms with Gasteiger partial charge in [0.25, 0.3) is 5.56 Å². The summed E-state index contributed by atoms with van der Waals surface area (Å²) in [6.07, 6.45) is 1.58. The van der Waals surface area contributed by atoms with Gasteiger partial charge in [0.2, 0.25) is 5.91 Å². The van der Waals surface area contributed by atoms with Crippen LogP contribution in [0.15, 0.2) is 51.9 Å². The zero-order valence-corrected chi connectivity index (χ0v) is 12.4. The second-order valence-electron chi connectivity index (χ2n) is 4.09. The number of anilines is 1. The first-order valence-corrected chi connectivity index (χ1v) is 6.67. The van der Waals surface area contributed by atoms with Crippen LogP contribution in [0.5, 0.6) is 5.75 Å². The maximum atomic E-state index is 11.9. The topological polar surface area (TPSA) is 60.3 Å². The third kappa shape index (κ3) is 3.71. The Labute approximate surface area is 124 Å². The summed E-state index contributed by atoms with van der Waals surface area (Å²) in [5.41, 5.74) is 0.395. The lowest BCUT2D eigenvalue weighted by Gasteiger charge is -2.08. The van der Waals surface area contributed by atoms with Crippen molar-refractivity contribution in [2.45, 2.75) is 6.54 Å². The fourth-order valence-corrected chi connectivity index (χ4v) is 2.06. The summed E-state index contributed by atoms with van der Waals surface area (Å²) >= 11 is 3.26. The summed E-state index contributed by atoms with van der Waals surface area (Å²) in [5, 5.41) is 2.72. The maximum Gasteiger partial charge on any atom is 0.251 e. The van der Waals surface area contributed by atoms with Gasteiger partial charge < -0.3 is 14.6 Å². The Morgan fingerprint density at radius 3 is 2.90 bits per heavy atom. The van der Waals surface area contributed by atoms with Crippen molar-refractivity contribution in [3.05, 3.63) is 57.4 Å². The number of amides is 1. The van der Waals surface area contributed by atoms with E-state index in [4.69, 9.17) is 4.74 Å². The Hall–Kier alpha value is -2.08. The predicted octanol–water partition coefficient (Wildman–Crippen LogP) is 2.26. The number of nitrogens with one attached hydrogen (secondary N) is 1. The molecule has 0 aliphatic rings. The van der Waals surface area contributed by atoms with Crippen molar-refractivity contribution >= 4 is 27.5 Å². The Morgan fingerprint density at radius 2 is 2.15 bits per heavy atom. The summed E-state index contributed by atoms with van der Waals surface area (Å²) in [6, 6.07) is 10.1. The van der Waals surface area contributed by atoms with Crippen molar-refractivity contribution < 1.29 is 9.53 Å². The van der Waals surface area contributed by atoms with Gasteiger partial charge in [-0.05, 0) is 34.1 Å². The minimum absolute atomic E-state index is 0.0461. The number of halogens is 1. The van der Waals surface area contributed by atoms with Gasteiger partial charge in [-0.15, -0.1) is 0 Å². The molecule has 0 aliphatic heterocycles. The zero-order valence-electron chi connectivity index (χ0n) is 10.8. The van der Waals surface area contributed by atoms with Crippen molar-refractivity contribution in [3.63, 3.8) is 0 Å². The number of methoxy groups -OCH3 is 1. The number of hydrogen-bond donors (Lipinski definition) is 1. The smallest absolute Gasteiger partial charge is 0.251 e. The van der Waals surface area contributed by atoms with E-state index in [-0.39, 0.29) is 18.0 Å². The average Bonchev–Trinajstić information content (AvgIpc) is 2.43. The van der Waals surface area contributed by atoms with Crippen LogP contribution in [0.4, 0.5) is 5.69 Å². The van der Waals surface area contributed by atoms with Crippen LogP contribution < -0.4 is 15.6 Å². The number of pyridine rings is 1. The monoisotopic (exact) mass is 336 g/mol. The highest BCUT2D eigenvalue weighted by molar-refractivity contribution is 9.10. The van der Waals surface area contributed by atoms with Gasteiger partial charge in [-0.1, -0.05) is 6.07 Å². The molecule has 0 aliphatic carbocycles. The molecule has 6 heteroatoms. The molecule has 1 heterocycles. The number of aromatic nitrogens is 1. The lowest BCUT2D eigenvalue weighted by atomic mass is 10.3. The first-order chi connectivity index (χ1) is 9.58. The molecule has 5 nitrogen and oxygen atoms in total. The number of rotatable bonds is 4. The molecule has 1 N–H and O–H groups in total. The fourth-order valence-electron chi connectivity index (χ4n) is 1.68. The second-order valence-corrected chi connectivity index (χ2v) is 5.01. The number of carbonyl (C=O) groups excluding carboxylic acids is 1. The predicted molar refractivity (Wildman–Crippen MR) is 80.0 cm³/mol. The molecule has 1 aromatic heterocycles. The number of hydrogen-bond acceptors (Lipinski definition) is 3. The Morgan fingerprint density at radius 1 is 1.35 bits per heavy atom. The van der Waals surface area contributed by atoms with Crippen molar-refractivity contribution in [3.8, 4) is 5.75 Å². The molecule has 0 saturated carbocycles. The summed E-state index contributed by atoms with van der Waals surface area (Å²) < 4.78 is 7.15. The third-order valence-corrected chi connectivity index (χ3v) is 3.08. The van der Waals surface area contributed by atoms with E-state index in [2.05, 4.69) is 21.2 Å². The van der Waals surface area contributed by atoms with E-state index >= 15 is 0 Å². The van der Waals surface area contributed by atoms with E-state index in [9.17, 15) is 9.59 Å². The van der Waals surface area contributed by atoms with Crippen LogP contribution in [0.25, 0.3) is 0 Å². The van der Waals surface area contributed by atoms with Crippen molar-refractivity contribution in [2.24, 2.45) is 0 Å². The molecule has 1 aromatic carbocycles. The largest absolute Gasteiger partial charge is 0.497 e. The average molecular weight is 337 g/mol. The molecule has 2 rings (SSSR count). The van der Waals surface area contributed by atoms with Gasteiger partial charge in [0.15, 0.2) is 0 Å².